The van der Waals surface area contributed by atoms with E-state index in [1.54, 1.807) is 6.07 Å². The molecule has 2 aromatic heterocycles. The molecule has 0 saturated heterocycles. The highest BCUT2D eigenvalue weighted by Gasteiger charge is 2.11. The molecule has 4 aromatic rings. The number of pyridine rings is 1. The van der Waals surface area contributed by atoms with Crippen molar-refractivity contribution in [1.29, 1.82) is 0 Å². The van der Waals surface area contributed by atoms with E-state index in [4.69, 9.17) is 4.98 Å². The zero-order valence-electron chi connectivity index (χ0n) is 15.0. The van der Waals surface area contributed by atoms with E-state index in [0.717, 1.165) is 28.0 Å². The standard InChI is InChI=1S/C22H18FN3O/c1-14-8-9-16(20-13-26-10-4-5-15(2)21(26)24-20)12-19(14)25-22(27)17-6-3-7-18(23)11-17/h3-13H,1-2H3,(H,25,27). The zero-order chi connectivity index (χ0) is 19.0. The molecule has 0 bridgehead atoms. The van der Waals surface area contributed by atoms with E-state index in [1.807, 2.05) is 61.0 Å². The average molecular weight is 359 g/mol. The highest BCUT2D eigenvalue weighted by Crippen LogP contribution is 2.26. The van der Waals surface area contributed by atoms with Crippen LogP contribution in [0.1, 0.15) is 21.5 Å². The molecule has 4 nitrogen and oxygen atoms in total. The Balaban J connectivity index is 1.68. The van der Waals surface area contributed by atoms with Crippen molar-refractivity contribution >= 4 is 17.2 Å². The van der Waals surface area contributed by atoms with Crippen molar-refractivity contribution in [1.82, 2.24) is 9.38 Å². The molecule has 27 heavy (non-hydrogen) atoms. The molecule has 2 aromatic carbocycles. The Bertz CT molecular complexity index is 1160. The Labute approximate surface area is 156 Å². The van der Waals surface area contributed by atoms with Crippen molar-refractivity contribution in [2.75, 3.05) is 5.32 Å². The fourth-order valence-electron chi connectivity index (χ4n) is 3.03. The summed E-state index contributed by atoms with van der Waals surface area (Å²) in [5.74, 6) is -0.784. The van der Waals surface area contributed by atoms with E-state index < -0.39 is 5.82 Å². The van der Waals surface area contributed by atoms with Crippen molar-refractivity contribution in [3.8, 4) is 11.3 Å². The molecule has 4 rings (SSSR count). The highest BCUT2D eigenvalue weighted by molar-refractivity contribution is 6.04. The Morgan fingerprint density at radius 1 is 1.04 bits per heavy atom. The van der Waals surface area contributed by atoms with Gasteiger partial charge >= 0.3 is 0 Å². The summed E-state index contributed by atoms with van der Waals surface area (Å²) in [7, 11) is 0. The first-order chi connectivity index (χ1) is 13.0. The van der Waals surface area contributed by atoms with Crippen LogP contribution in [0.25, 0.3) is 16.9 Å². The van der Waals surface area contributed by atoms with Gasteiger partial charge in [-0.25, -0.2) is 9.37 Å². The minimum atomic E-state index is -0.437. The van der Waals surface area contributed by atoms with Crippen LogP contribution in [0.4, 0.5) is 10.1 Å². The van der Waals surface area contributed by atoms with Crippen LogP contribution in [-0.2, 0) is 0 Å². The molecule has 0 unspecified atom stereocenters. The number of hydrogen-bond acceptors (Lipinski definition) is 2. The van der Waals surface area contributed by atoms with E-state index in [1.165, 1.54) is 18.2 Å². The lowest BCUT2D eigenvalue weighted by atomic mass is 10.1. The maximum absolute atomic E-state index is 13.4. The van der Waals surface area contributed by atoms with Crippen LogP contribution >= 0.6 is 0 Å². The maximum atomic E-state index is 13.4. The summed E-state index contributed by atoms with van der Waals surface area (Å²) in [5, 5.41) is 2.87. The summed E-state index contributed by atoms with van der Waals surface area (Å²) in [4.78, 5) is 17.2. The molecule has 0 saturated carbocycles. The molecule has 0 spiro atoms. The number of hydrogen-bond donors (Lipinski definition) is 1. The van der Waals surface area contributed by atoms with E-state index in [9.17, 15) is 9.18 Å². The monoisotopic (exact) mass is 359 g/mol. The number of carbonyl (C=O) groups excluding carboxylic acids is 1. The number of carbonyl (C=O) groups is 1. The lowest BCUT2D eigenvalue weighted by Crippen LogP contribution is -2.13. The van der Waals surface area contributed by atoms with Gasteiger partial charge in [0.25, 0.3) is 5.91 Å². The van der Waals surface area contributed by atoms with E-state index in [0.29, 0.717) is 5.69 Å². The number of nitrogens with zero attached hydrogens (tertiary/aromatic N) is 2. The van der Waals surface area contributed by atoms with Crippen molar-refractivity contribution in [3.63, 3.8) is 0 Å². The van der Waals surface area contributed by atoms with Gasteiger partial charge < -0.3 is 9.72 Å². The lowest BCUT2D eigenvalue weighted by Gasteiger charge is -2.10. The summed E-state index contributed by atoms with van der Waals surface area (Å²) in [6.45, 7) is 3.94. The van der Waals surface area contributed by atoms with Gasteiger partial charge in [-0.3, -0.25) is 4.79 Å². The van der Waals surface area contributed by atoms with Crippen molar-refractivity contribution in [2.45, 2.75) is 13.8 Å². The Morgan fingerprint density at radius 2 is 1.89 bits per heavy atom. The third kappa shape index (κ3) is 3.31. The second-order valence-electron chi connectivity index (χ2n) is 6.54. The first-order valence-corrected chi connectivity index (χ1v) is 8.63. The molecule has 0 aliphatic heterocycles. The number of aromatic nitrogens is 2. The smallest absolute Gasteiger partial charge is 0.255 e. The van der Waals surface area contributed by atoms with Crippen LogP contribution in [0.3, 0.4) is 0 Å². The first-order valence-electron chi connectivity index (χ1n) is 8.63. The molecule has 0 aliphatic rings. The molecule has 0 atom stereocenters. The Kier molecular flexibility index (Phi) is 4.20. The summed E-state index contributed by atoms with van der Waals surface area (Å²) >= 11 is 0. The van der Waals surface area contributed by atoms with Crippen LogP contribution in [-0.4, -0.2) is 15.3 Å². The van der Waals surface area contributed by atoms with E-state index in [-0.39, 0.29) is 11.5 Å². The van der Waals surface area contributed by atoms with Gasteiger partial charge in [0.05, 0.1) is 5.69 Å². The molecule has 5 heteroatoms. The van der Waals surface area contributed by atoms with Gasteiger partial charge in [0.2, 0.25) is 0 Å². The minimum absolute atomic E-state index is 0.281. The van der Waals surface area contributed by atoms with Crippen LogP contribution in [0.2, 0.25) is 0 Å². The number of rotatable bonds is 3. The number of aryl methyl sites for hydroxylation is 2. The molecule has 1 amide bonds. The van der Waals surface area contributed by atoms with Gasteiger partial charge in [0.1, 0.15) is 11.5 Å². The number of amides is 1. The zero-order valence-corrected chi connectivity index (χ0v) is 15.0. The van der Waals surface area contributed by atoms with Crippen molar-refractivity contribution in [2.24, 2.45) is 0 Å². The summed E-state index contributed by atoms with van der Waals surface area (Å²) in [5.41, 5.74) is 5.60. The fourth-order valence-corrected chi connectivity index (χ4v) is 3.03. The summed E-state index contributed by atoms with van der Waals surface area (Å²) < 4.78 is 15.4. The van der Waals surface area contributed by atoms with Crippen LogP contribution < -0.4 is 5.32 Å². The Hall–Kier alpha value is -3.47. The predicted octanol–water partition coefficient (Wildman–Crippen LogP) is 5.01. The molecule has 134 valence electrons. The van der Waals surface area contributed by atoms with E-state index in [2.05, 4.69) is 5.32 Å². The van der Waals surface area contributed by atoms with Crippen LogP contribution in [0.15, 0.2) is 67.0 Å². The second-order valence-corrected chi connectivity index (χ2v) is 6.54. The normalized spacial score (nSPS) is 10.9. The molecule has 0 fully saturated rings. The molecular formula is C22H18FN3O. The second kappa shape index (κ2) is 6.68. The Morgan fingerprint density at radius 3 is 2.67 bits per heavy atom. The third-order valence-corrected chi connectivity index (χ3v) is 4.55. The number of benzene rings is 2. The minimum Gasteiger partial charge on any atom is -0.322 e. The summed E-state index contributed by atoms with van der Waals surface area (Å²) in [6.07, 6.45) is 3.92. The molecule has 1 N–H and O–H groups in total. The number of anilines is 1. The van der Waals surface area contributed by atoms with Gasteiger partial charge in [-0.2, -0.15) is 0 Å². The largest absolute Gasteiger partial charge is 0.322 e. The van der Waals surface area contributed by atoms with Gasteiger partial charge in [0, 0.05) is 29.2 Å². The number of halogens is 1. The lowest BCUT2D eigenvalue weighted by molar-refractivity contribution is 0.102. The van der Waals surface area contributed by atoms with Crippen LogP contribution in [0.5, 0.6) is 0 Å². The van der Waals surface area contributed by atoms with Crippen LogP contribution in [0, 0.1) is 19.7 Å². The van der Waals surface area contributed by atoms with Gasteiger partial charge in [0.15, 0.2) is 0 Å². The predicted molar refractivity (Wildman–Crippen MR) is 104 cm³/mol. The highest BCUT2D eigenvalue weighted by atomic mass is 19.1. The SMILES string of the molecule is Cc1ccc(-c2cn3cccc(C)c3n2)cc1NC(=O)c1cccc(F)c1. The first kappa shape index (κ1) is 17.0. The quantitative estimate of drug-likeness (QED) is 0.559. The van der Waals surface area contributed by atoms with Gasteiger partial charge in [-0.15, -0.1) is 0 Å². The summed E-state index contributed by atoms with van der Waals surface area (Å²) in [6, 6.07) is 15.4. The molecule has 0 aliphatic carbocycles. The topological polar surface area (TPSA) is 46.4 Å². The van der Waals surface area contributed by atoms with Crippen molar-refractivity contribution in [3.05, 3.63) is 89.5 Å². The van der Waals surface area contributed by atoms with Gasteiger partial charge in [-0.05, 0) is 55.3 Å². The number of fused-ring (bicyclic) bond motifs is 1. The fraction of sp³-hybridized carbons (Fsp3) is 0.0909. The third-order valence-electron chi connectivity index (χ3n) is 4.55. The average Bonchev–Trinajstić information content (AvgIpc) is 3.09. The maximum Gasteiger partial charge on any atom is 0.255 e. The molecule has 2 heterocycles. The number of nitrogens with one attached hydrogen (secondary N) is 1. The van der Waals surface area contributed by atoms with Crippen molar-refractivity contribution < 1.29 is 9.18 Å². The molecular weight excluding hydrogens is 341 g/mol. The van der Waals surface area contributed by atoms with Gasteiger partial charge in [-0.1, -0.05) is 24.3 Å². The number of imidazole rings is 1. The molecule has 0 radical (unpaired) electrons. The van der Waals surface area contributed by atoms with E-state index >= 15 is 0 Å².